The Labute approximate surface area is 125 Å². The smallest absolute Gasteiger partial charge is 0.224 e. The average Bonchev–Trinajstić information content (AvgIpc) is 3.30. The van der Waals surface area contributed by atoms with Crippen molar-refractivity contribution in [2.24, 2.45) is 5.92 Å². The number of anilines is 1. The Hall–Kier alpha value is -1.62. The highest BCUT2D eigenvalue weighted by molar-refractivity contribution is 5.79. The van der Waals surface area contributed by atoms with Crippen LogP contribution in [0, 0.1) is 5.92 Å². The van der Waals surface area contributed by atoms with Crippen molar-refractivity contribution in [1.82, 2.24) is 15.6 Å². The van der Waals surface area contributed by atoms with E-state index in [-0.39, 0.29) is 17.9 Å². The molecule has 5 nitrogen and oxygen atoms in total. The Morgan fingerprint density at radius 1 is 1.43 bits per heavy atom. The minimum Gasteiger partial charge on any atom is -0.367 e. The van der Waals surface area contributed by atoms with Gasteiger partial charge in [-0.05, 0) is 56.8 Å². The van der Waals surface area contributed by atoms with Crippen LogP contribution in [-0.4, -0.2) is 29.5 Å². The molecule has 21 heavy (non-hydrogen) atoms. The number of pyridine rings is 1. The van der Waals surface area contributed by atoms with E-state index in [1.165, 1.54) is 12.8 Å². The van der Waals surface area contributed by atoms with Gasteiger partial charge in [0, 0.05) is 24.8 Å². The number of carbonyl (C=O) groups excluding carboxylic acids is 1. The van der Waals surface area contributed by atoms with Gasteiger partial charge in [0.2, 0.25) is 5.91 Å². The Balaban J connectivity index is 1.52. The summed E-state index contributed by atoms with van der Waals surface area (Å²) in [6.07, 6.45) is 6.32. The summed E-state index contributed by atoms with van der Waals surface area (Å²) >= 11 is 0. The van der Waals surface area contributed by atoms with Crippen LogP contribution in [0.4, 0.5) is 5.82 Å². The normalized spacial score (nSPS) is 25.4. The maximum absolute atomic E-state index is 12.3. The largest absolute Gasteiger partial charge is 0.367 e. The monoisotopic (exact) mass is 288 g/mol. The minimum atomic E-state index is 0.0876. The molecule has 114 valence electrons. The average molecular weight is 288 g/mol. The van der Waals surface area contributed by atoms with Crippen LogP contribution in [0.1, 0.15) is 38.2 Å². The summed E-state index contributed by atoms with van der Waals surface area (Å²) in [6, 6.07) is 4.85. The SMILES string of the molecule is C[C@H]1NCCC[C@H]1C(=O)NCc1ccnc(NC2CC2)c1. The van der Waals surface area contributed by atoms with E-state index in [0.29, 0.717) is 12.6 Å². The van der Waals surface area contributed by atoms with Crippen molar-refractivity contribution in [2.45, 2.75) is 51.2 Å². The molecule has 3 N–H and O–H groups in total. The van der Waals surface area contributed by atoms with Crippen molar-refractivity contribution in [3.63, 3.8) is 0 Å². The quantitative estimate of drug-likeness (QED) is 0.771. The Morgan fingerprint density at radius 3 is 3.05 bits per heavy atom. The molecule has 1 amide bonds. The van der Waals surface area contributed by atoms with Crippen molar-refractivity contribution in [3.8, 4) is 0 Å². The second kappa shape index (κ2) is 6.43. The molecular weight excluding hydrogens is 264 g/mol. The van der Waals surface area contributed by atoms with Crippen molar-refractivity contribution < 1.29 is 4.79 Å². The van der Waals surface area contributed by atoms with E-state index in [9.17, 15) is 4.79 Å². The number of amides is 1. The van der Waals surface area contributed by atoms with Crippen molar-refractivity contribution in [2.75, 3.05) is 11.9 Å². The van der Waals surface area contributed by atoms with Crippen LogP contribution in [0.2, 0.25) is 0 Å². The summed E-state index contributed by atoms with van der Waals surface area (Å²) < 4.78 is 0. The molecule has 0 unspecified atom stereocenters. The predicted octanol–water partition coefficient (Wildman–Crippen LogP) is 1.66. The molecule has 1 aromatic heterocycles. The molecule has 2 atom stereocenters. The predicted molar refractivity (Wildman–Crippen MR) is 82.9 cm³/mol. The molecule has 2 aliphatic rings. The molecule has 0 bridgehead atoms. The minimum absolute atomic E-state index is 0.0876. The lowest BCUT2D eigenvalue weighted by Crippen LogP contribution is -2.46. The number of carbonyl (C=O) groups is 1. The standard InChI is InChI=1S/C16H24N4O/c1-11-14(3-2-7-17-11)16(21)19-10-12-6-8-18-15(9-12)20-13-4-5-13/h6,8-9,11,13-14,17H,2-5,7,10H2,1H3,(H,18,20)(H,19,21)/t11-,14-/m1/s1. The topological polar surface area (TPSA) is 66.0 Å². The number of nitrogens with one attached hydrogen (secondary N) is 3. The third-order valence-corrected chi connectivity index (χ3v) is 4.32. The molecule has 1 aliphatic heterocycles. The molecule has 2 heterocycles. The molecular formula is C16H24N4O. The third kappa shape index (κ3) is 3.94. The summed E-state index contributed by atoms with van der Waals surface area (Å²) in [5.74, 6) is 1.16. The summed E-state index contributed by atoms with van der Waals surface area (Å²) in [6.45, 7) is 3.68. The van der Waals surface area contributed by atoms with Gasteiger partial charge in [0.15, 0.2) is 0 Å². The van der Waals surface area contributed by atoms with Gasteiger partial charge in [0.25, 0.3) is 0 Å². The fraction of sp³-hybridized carbons (Fsp3) is 0.625. The van der Waals surface area contributed by atoms with Crippen LogP contribution >= 0.6 is 0 Å². The lowest BCUT2D eigenvalue weighted by molar-refractivity contribution is -0.126. The Morgan fingerprint density at radius 2 is 2.29 bits per heavy atom. The first kappa shape index (κ1) is 14.3. The van der Waals surface area contributed by atoms with Gasteiger partial charge >= 0.3 is 0 Å². The highest BCUT2D eigenvalue weighted by atomic mass is 16.1. The highest BCUT2D eigenvalue weighted by Crippen LogP contribution is 2.23. The van der Waals surface area contributed by atoms with Gasteiger partial charge in [0.05, 0.1) is 5.92 Å². The first-order chi connectivity index (χ1) is 10.2. The van der Waals surface area contributed by atoms with Gasteiger partial charge in [0.1, 0.15) is 5.82 Å². The van der Waals surface area contributed by atoms with Crippen LogP contribution in [0.25, 0.3) is 0 Å². The number of piperidine rings is 1. The second-order valence-electron chi connectivity index (χ2n) is 6.18. The maximum atomic E-state index is 12.3. The summed E-state index contributed by atoms with van der Waals surface area (Å²) in [7, 11) is 0. The number of hydrogen-bond donors (Lipinski definition) is 3. The fourth-order valence-corrected chi connectivity index (χ4v) is 2.82. The molecule has 1 aliphatic carbocycles. The van der Waals surface area contributed by atoms with Crippen LogP contribution in [0.5, 0.6) is 0 Å². The van der Waals surface area contributed by atoms with Gasteiger partial charge in [-0.25, -0.2) is 4.98 Å². The molecule has 0 radical (unpaired) electrons. The Bertz CT molecular complexity index is 501. The zero-order valence-electron chi connectivity index (χ0n) is 12.6. The van der Waals surface area contributed by atoms with Gasteiger partial charge in [-0.2, -0.15) is 0 Å². The van der Waals surface area contributed by atoms with Crippen LogP contribution in [-0.2, 0) is 11.3 Å². The first-order valence-electron chi connectivity index (χ1n) is 7.95. The lowest BCUT2D eigenvalue weighted by Gasteiger charge is -2.28. The van der Waals surface area contributed by atoms with E-state index in [2.05, 4.69) is 27.9 Å². The second-order valence-corrected chi connectivity index (χ2v) is 6.18. The van der Waals surface area contributed by atoms with Gasteiger partial charge < -0.3 is 16.0 Å². The molecule has 0 spiro atoms. The van der Waals surface area contributed by atoms with Gasteiger partial charge in [-0.1, -0.05) is 0 Å². The summed E-state index contributed by atoms with van der Waals surface area (Å²) in [5.41, 5.74) is 1.10. The molecule has 1 saturated heterocycles. The molecule has 0 aromatic carbocycles. The zero-order chi connectivity index (χ0) is 14.7. The van der Waals surface area contributed by atoms with E-state index in [1.807, 2.05) is 12.1 Å². The van der Waals surface area contributed by atoms with Crippen LogP contribution < -0.4 is 16.0 Å². The van der Waals surface area contributed by atoms with E-state index in [4.69, 9.17) is 0 Å². The summed E-state index contributed by atoms with van der Waals surface area (Å²) in [5, 5.41) is 9.81. The molecule has 1 saturated carbocycles. The van der Waals surface area contributed by atoms with Crippen molar-refractivity contribution in [1.29, 1.82) is 0 Å². The maximum Gasteiger partial charge on any atom is 0.224 e. The van der Waals surface area contributed by atoms with Crippen molar-refractivity contribution >= 4 is 11.7 Å². The molecule has 3 rings (SSSR count). The van der Waals surface area contributed by atoms with Gasteiger partial charge in [-0.3, -0.25) is 4.79 Å². The number of rotatable bonds is 5. The summed E-state index contributed by atoms with van der Waals surface area (Å²) in [4.78, 5) is 16.6. The molecule has 2 fully saturated rings. The van der Waals surface area contributed by atoms with E-state index < -0.39 is 0 Å². The van der Waals surface area contributed by atoms with Crippen molar-refractivity contribution in [3.05, 3.63) is 23.9 Å². The number of hydrogen-bond acceptors (Lipinski definition) is 4. The third-order valence-electron chi connectivity index (χ3n) is 4.32. The van der Waals surface area contributed by atoms with Gasteiger partial charge in [-0.15, -0.1) is 0 Å². The first-order valence-corrected chi connectivity index (χ1v) is 7.95. The lowest BCUT2D eigenvalue weighted by atomic mass is 9.91. The molecule has 5 heteroatoms. The Kier molecular flexibility index (Phi) is 4.39. The molecule has 1 aromatic rings. The number of aromatic nitrogens is 1. The number of nitrogens with zero attached hydrogens (tertiary/aromatic N) is 1. The van der Waals surface area contributed by atoms with E-state index >= 15 is 0 Å². The van der Waals surface area contributed by atoms with Crippen LogP contribution in [0.3, 0.4) is 0 Å². The van der Waals surface area contributed by atoms with E-state index in [1.54, 1.807) is 6.20 Å². The van der Waals surface area contributed by atoms with E-state index in [0.717, 1.165) is 30.8 Å². The van der Waals surface area contributed by atoms with Crippen LogP contribution in [0.15, 0.2) is 18.3 Å². The zero-order valence-corrected chi connectivity index (χ0v) is 12.6. The highest BCUT2D eigenvalue weighted by Gasteiger charge is 2.27. The fourth-order valence-electron chi connectivity index (χ4n) is 2.82.